The van der Waals surface area contributed by atoms with Crippen LogP contribution in [0.25, 0.3) is 11.0 Å². The SMILES string of the molecule is O=C(Cc1noc2ccccc12)N1CCC(Cn2ccnc2)CC1. The number of para-hydroxylation sites is 1. The fourth-order valence-corrected chi connectivity index (χ4v) is 3.38. The number of rotatable bonds is 4. The van der Waals surface area contributed by atoms with Crippen molar-refractivity contribution in [2.24, 2.45) is 5.92 Å². The van der Waals surface area contributed by atoms with Crippen molar-refractivity contribution in [1.82, 2.24) is 19.6 Å². The van der Waals surface area contributed by atoms with Gasteiger partial charge in [0.1, 0.15) is 5.69 Å². The Bertz CT molecular complexity index is 817. The first kappa shape index (κ1) is 14.9. The molecule has 1 saturated heterocycles. The van der Waals surface area contributed by atoms with Gasteiger partial charge in [0.05, 0.1) is 12.7 Å². The van der Waals surface area contributed by atoms with E-state index in [1.807, 2.05) is 41.7 Å². The van der Waals surface area contributed by atoms with Crippen LogP contribution in [-0.2, 0) is 17.8 Å². The number of piperidine rings is 1. The second kappa shape index (κ2) is 6.47. The van der Waals surface area contributed by atoms with Gasteiger partial charge in [-0.15, -0.1) is 0 Å². The zero-order chi connectivity index (χ0) is 16.4. The molecule has 1 fully saturated rings. The number of fused-ring (bicyclic) bond motifs is 1. The predicted octanol–water partition coefficient (Wildman–Crippen LogP) is 2.51. The molecule has 0 N–H and O–H groups in total. The van der Waals surface area contributed by atoms with Gasteiger partial charge in [-0.25, -0.2) is 4.98 Å². The molecule has 1 amide bonds. The van der Waals surface area contributed by atoms with Gasteiger partial charge in [0.2, 0.25) is 5.91 Å². The Morgan fingerprint density at radius 3 is 2.88 bits per heavy atom. The van der Waals surface area contributed by atoms with Crippen LogP contribution in [0.3, 0.4) is 0 Å². The highest BCUT2D eigenvalue weighted by atomic mass is 16.5. The summed E-state index contributed by atoms with van der Waals surface area (Å²) in [6, 6.07) is 7.67. The molecule has 2 aromatic heterocycles. The number of hydrogen-bond donors (Lipinski definition) is 0. The smallest absolute Gasteiger partial charge is 0.228 e. The van der Waals surface area contributed by atoms with Crippen LogP contribution in [0.4, 0.5) is 0 Å². The summed E-state index contributed by atoms with van der Waals surface area (Å²) in [5, 5.41) is 4.99. The van der Waals surface area contributed by atoms with E-state index < -0.39 is 0 Å². The van der Waals surface area contributed by atoms with Crippen LogP contribution in [0, 0.1) is 5.92 Å². The van der Waals surface area contributed by atoms with Crippen LogP contribution >= 0.6 is 0 Å². The van der Waals surface area contributed by atoms with Crippen molar-refractivity contribution in [3.8, 4) is 0 Å². The largest absolute Gasteiger partial charge is 0.356 e. The van der Waals surface area contributed by atoms with Gasteiger partial charge in [0, 0.05) is 37.4 Å². The van der Waals surface area contributed by atoms with Gasteiger partial charge >= 0.3 is 0 Å². The summed E-state index contributed by atoms with van der Waals surface area (Å²) in [4.78, 5) is 18.6. The topological polar surface area (TPSA) is 64.2 Å². The van der Waals surface area contributed by atoms with E-state index in [1.165, 1.54) is 0 Å². The highest BCUT2D eigenvalue weighted by molar-refractivity contribution is 5.86. The van der Waals surface area contributed by atoms with Crippen molar-refractivity contribution in [3.63, 3.8) is 0 Å². The van der Waals surface area contributed by atoms with E-state index in [2.05, 4.69) is 14.7 Å². The lowest BCUT2D eigenvalue weighted by Crippen LogP contribution is -2.40. The molecule has 3 heterocycles. The molecule has 6 heteroatoms. The standard InChI is InChI=1S/C18H20N4O2/c23-18(11-16-15-3-1-2-4-17(15)24-20-16)22-8-5-14(6-9-22)12-21-10-7-19-13-21/h1-4,7,10,13-14H,5-6,8-9,11-12H2. The van der Waals surface area contributed by atoms with E-state index in [0.29, 0.717) is 12.3 Å². The minimum Gasteiger partial charge on any atom is -0.356 e. The van der Waals surface area contributed by atoms with E-state index in [1.54, 1.807) is 6.20 Å². The molecule has 0 atom stereocenters. The summed E-state index contributed by atoms with van der Waals surface area (Å²) in [6.07, 6.45) is 8.03. The molecule has 0 saturated carbocycles. The van der Waals surface area contributed by atoms with Gasteiger partial charge in [-0.2, -0.15) is 0 Å². The lowest BCUT2D eigenvalue weighted by molar-refractivity contribution is -0.132. The minimum absolute atomic E-state index is 0.134. The predicted molar refractivity (Wildman–Crippen MR) is 89.2 cm³/mol. The minimum atomic E-state index is 0.134. The van der Waals surface area contributed by atoms with Crippen LogP contribution in [0.15, 0.2) is 47.5 Å². The van der Waals surface area contributed by atoms with E-state index in [9.17, 15) is 4.79 Å². The Morgan fingerprint density at radius 1 is 1.25 bits per heavy atom. The van der Waals surface area contributed by atoms with Crippen LogP contribution in [0.2, 0.25) is 0 Å². The second-order valence-corrected chi connectivity index (χ2v) is 6.39. The highest BCUT2D eigenvalue weighted by Crippen LogP contribution is 2.22. The van der Waals surface area contributed by atoms with Crippen molar-refractivity contribution in [2.45, 2.75) is 25.8 Å². The molecule has 1 aliphatic heterocycles. The average molecular weight is 324 g/mol. The summed E-state index contributed by atoms with van der Waals surface area (Å²) in [6.45, 7) is 2.61. The summed E-state index contributed by atoms with van der Waals surface area (Å²) >= 11 is 0. The molecule has 24 heavy (non-hydrogen) atoms. The summed E-state index contributed by atoms with van der Waals surface area (Å²) in [5.74, 6) is 0.742. The summed E-state index contributed by atoms with van der Waals surface area (Å²) < 4.78 is 7.40. The number of carbonyl (C=O) groups is 1. The van der Waals surface area contributed by atoms with Crippen molar-refractivity contribution in [3.05, 3.63) is 48.7 Å². The average Bonchev–Trinajstić information content (AvgIpc) is 3.26. The van der Waals surface area contributed by atoms with E-state index in [-0.39, 0.29) is 5.91 Å². The number of aromatic nitrogens is 3. The van der Waals surface area contributed by atoms with Crippen molar-refractivity contribution >= 4 is 16.9 Å². The number of imidazole rings is 1. The van der Waals surface area contributed by atoms with E-state index >= 15 is 0 Å². The lowest BCUT2D eigenvalue weighted by atomic mass is 9.96. The number of carbonyl (C=O) groups excluding carboxylic acids is 1. The molecule has 0 bridgehead atoms. The molecule has 3 aromatic rings. The number of likely N-dealkylation sites (tertiary alicyclic amines) is 1. The molecule has 0 aliphatic carbocycles. The zero-order valence-corrected chi connectivity index (χ0v) is 13.5. The normalized spacial score (nSPS) is 15.9. The molecule has 4 rings (SSSR count). The molecular weight excluding hydrogens is 304 g/mol. The van der Waals surface area contributed by atoms with Gasteiger partial charge in [-0.3, -0.25) is 4.79 Å². The maximum atomic E-state index is 12.6. The maximum Gasteiger partial charge on any atom is 0.228 e. The second-order valence-electron chi connectivity index (χ2n) is 6.39. The van der Waals surface area contributed by atoms with Crippen LogP contribution < -0.4 is 0 Å². The molecule has 124 valence electrons. The van der Waals surface area contributed by atoms with Crippen LogP contribution in [-0.4, -0.2) is 38.6 Å². The van der Waals surface area contributed by atoms with Crippen molar-refractivity contribution in [2.75, 3.05) is 13.1 Å². The zero-order valence-electron chi connectivity index (χ0n) is 13.5. The maximum absolute atomic E-state index is 12.6. The number of benzene rings is 1. The summed E-state index contributed by atoms with van der Waals surface area (Å²) in [7, 11) is 0. The first-order valence-corrected chi connectivity index (χ1v) is 8.36. The summed E-state index contributed by atoms with van der Waals surface area (Å²) in [5.41, 5.74) is 1.47. The molecule has 1 aromatic carbocycles. The third-order valence-electron chi connectivity index (χ3n) is 4.77. The Morgan fingerprint density at radius 2 is 2.08 bits per heavy atom. The monoisotopic (exact) mass is 324 g/mol. The Hall–Kier alpha value is -2.63. The van der Waals surface area contributed by atoms with Gasteiger partial charge < -0.3 is 14.0 Å². The molecule has 6 nitrogen and oxygen atoms in total. The quantitative estimate of drug-likeness (QED) is 0.740. The fraction of sp³-hybridized carbons (Fsp3) is 0.389. The Kier molecular flexibility index (Phi) is 4.02. The van der Waals surface area contributed by atoms with Crippen LogP contribution in [0.1, 0.15) is 18.5 Å². The van der Waals surface area contributed by atoms with Crippen LogP contribution in [0.5, 0.6) is 0 Å². The lowest BCUT2D eigenvalue weighted by Gasteiger charge is -2.32. The highest BCUT2D eigenvalue weighted by Gasteiger charge is 2.24. The Balaban J connectivity index is 1.34. The first-order chi connectivity index (χ1) is 11.8. The Labute approximate surface area is 140 Å². The molecule has 0 radical (unpaired) electrons. The molecule has 1 aliphatic rings. The van der Waals surface area contributed by atoms with Gasteiger partial charge in [-0.05, 0) is 30.9 Å². The van der Waals surface area contributed by atoms with Gasteiger partial charge in [-0.1, -0.05) is 17.3 Å². The fourth-order valence-electron chi connectivity index (χ4n) is 3.38. The van der Waals surface area contributed by atoms with Gasteiger partial charge in [0.25, 0.3) is 0 Å². The molecule has 0 spiro atoms. The van der Waals surface area contributed by atoms with Crippen molar-refractivity contribution in [1.29, 1.82) is 0 Å². The number of nitrogens with zero attached hydrogens (tertiary/aromatic N) is 4. The van der Waals surface area contributed by atoms with E-state index in [4.69, 9.17) is 4.52 Å². The third-order valence-corrected chi connectivity index (χ3v) is 4.77. The van der Waals surface area contributed by atoms with Gasteiger partial charge in [0.15, 0.2) is 5.58 Å². The molecule has 0 unspecified atom stereocenters. The van der Waals surface area contributed by atoms with E-state index in [0.717, 1.165) is 49.1 Å². The molecular formula is C18H20N4O2. The first-order valence-electron chi connectivity index (χ1n) is 8.36. The number of amides is 1. The third kappa shape index (κ3) is 3.04. The van der Waals surface area contributed by atoms with Crippen molar-refractivity contribution < 1.29 is 9.32 Å². The number of hydrogen-bond acceptors (Lipinski definition) is 4.